The minimum absolute atomic E-state index is 0.200. The molecule has 12 nitrogen and oxygen atoms in total. The van der Waals surface area contributed by atoms with E-state index in [1.54, 1.807) is 51.7 Å². The SMILES string of the molecule is CCn1nc(C)cc1C(=O)Nc1nc2cc(C(N)=O)cnc2n1C/C=C/CNC(=O)Oc1ccccc1. The number of benzene rings is 1. The fourth-order valence-electron chi connectivity index (χ4n) is 3.59. The van der Waals surface area contributed by atoms with Crippen LogP contribution in [0.4, 0.5) is 10.7 Å². The Balaban J connectivity index is 1.50. The fraction of sp³-hybridized carbons (Fsp3) is 0.200. The second kappa shape index (κ2) is 11.2. The van der Waals surface area contributed by atoms with Crippen LogP contribution in [0.25, 0.3) is 11.2 Å². The van der Waals surface area contributed by atoms with Crippen molar-refractivity contribution in [3.63, 3.8) is 0 Å². The van der Waals surface area contributed by atoms with E-state index in [1.807, 2.05) is 19.9 Å². The van der Waals surface area contributed by atoms with Crippen LogP contribution in [-0.2, 0) is 13.1 Å². The third-order valence-electron chi connectivity index (χ3n) is 5.30. The molecule has 0 aliphatic rings. The first kappa shape index (κ1) is 25.1. The molecule has 1 aromatic carbocycles. The number of hydrogen-bond donors (Lipinski definition) is 3. The van der Waals surface area contributed by atoms with Gasteiger partial charge in [0, 0.05) is 25.8 Å². The average Bonchev–Trinajstić information content (AvgIpc) is 3.43. The minimum Gasteiger partial charge on any atom is -0.410 e. The Hall–Kier alpha value is -5.00. The van der Waals surface area contributed by atoms with Gasteiger partial charge in [0.2, 0.25) is 11.9 Å². The molecule has 4 rings (SSSR count). The Bertz CT molecular complexity index is 1470. The smallest absolute Gasteiger partial charge is 0.410 e. The number of hydrogen-bond acceptors (Lipinski definition) is 7. The largest absolute Gasteiger partial charge is 0.412 e. The van der Waals surface area contributed by atoms with Crippen molar-refractivity contribution in [2.75, 3.05) is 11.9 Å². The summed E-state index contributed by atoms with van der Waals surface area (Å²) in [5.74, 6) is -0.347. The quantitative estimate of drug-likeness (QED) is 0.297. The lowest BCUT2D eigenvalue weighted by molar-refractivity contribution is 0.0995. The number of amides is 3. The number of aromatic nitrogens is 5. The number of aryl methyl sites for hydroxylation is 2. The van der Waals surface area contributed by atoms with Gasteiger partial charge in [-0.05, 0) is 38.1 Å². The van der Waals surface area contributed by atoms with Crippen molar-refractivity contribution in [2.45, 2.75) is 26.9 Å². The van der Waals surface area contributed by atoms with Gasteiger partial charge in [-0.3, -0.25) is 24.2 Å². The molecule has 0 radical (unpaired) electrons. The van der Waals surface area contributed by atoms with E-state index in [9.17, 15) is 14.4 Å². The molecule has 0 unspecified atom stereocenters. The van der Waals surface area contributed by atoms with Crippen molar-refractivity contribution in [3.05, 3.63) is 77.8 Å². The maximum absolute atomic E-state index is 13.0. The summed E-state index contributed by atoms with van der Waals surface area (Å²) in [6, 6.07) is 11.9. The van der Waals surface area contributed by atoms with E-state index >= 15 is 0 Å². The Kier molecular flexibility index (Phi) is 7.57. The second-order valence-electron chi connectivity index (χ2n) is 7.97. The monoisotopic (exact) mass is 502 g/mol. The number of carbonyl (C=O) groups is 3. The van der Waals surface area contributed by atoms with E-state index in [0.29, 0.717) is 29.2 Å². The summed E-state index contributed by atoms with van der Waals surface area (Å²) >= 11 is 0. The Morgan fingerprint density at radius 2 is 1.92 bits per heavy atom. The number of nitrogens with zero attached hydrogens (tertiary/aromatic N) is 5. The number of imidazole rings is 1. The molecule has 0 aliphatic carbocycles. The van der Waals surface area contributed by atoms with Crippen LogP contribution in [-0.4, -0.2) is 48.8 Å². The van der Waals surface area contributed by atoms with Crippen LogP contribution in [0.2, 0.25) is 0 Å². The van der Waals surface area contributed by atoms with E-state index in [2.05, 4.69) is 25.7 Å². The number of fused-ring (bicyclic) bond motifs is 1. The molecule has 12 heteroatoms. The number of pyridine rings is 1. The van der Waals surface area contributed by atoms with Crippen LogP contribution in [0.1, 0.15) is 33.5 Å². The molecular weight excluding hydrogens is 476 g/mol. The molecule has 0 spiro atoms. The third-order valence-corrected chi connectivity index (χ3v) is 5.30. The molecule has 3 aromatic heterocycles. The summed E-state index contributed by atoms with van der Waals surface area (Å²) in [4.78, 5) is 45.3. The van der Waals surface area contributed by atoms with Crippen LogP contribution < -0.4 is 21.1 Å². The van der Waals surface area contributed by atoms with Gasteiger partial charge in [-0.15, -0.1) is 0 Å². The van der Waals surface area contributed by atoms with E-state index in [0.717, 1.165) is 5.69 Å². The van der Waals surface area contributed by atoms with Gasteiger partial charge in [0.15, 0.2) is 5.65 Å². The fourth-order valence-corrected chi connectivity index (χ4v) is 3.59. The van der Waals surface area contributed by atoms with Crippen molar-refractivity contribution in [1.82, 2.24) is 29.6 Å². The van der Waals surface area contributed by atoms with E-state index in [4.69, 9.17) is 10.5 Å². The summed E-state index contributed by atoms with van der Waals surface area (Å²) in [6.07, 6.45) is 4.29. The van der Waals surface area contributed by atoms with E-state index in [-0.39, 0.29) is 30.5 Å². The number of allylic oxidation sites excluding steroid dienone is 1. The predicted octanol–water partition coefficient (Wildman–Crippen LogP) is 2.65. The molecule has 0 fully saturated rings. The van der Waals surface area contributed by atoms with Crippen LogP contribution in [0.15, 0.2) is 60.8 Å². The first-order valence-electron chi connectivity index (χ1n) is 11.5. The molecule has 0 saturated carbocycles. The van der Waals surface area contributed by atoms with Crippen LogP contribution in [0.5, 0.6) is 5.75 Å². The Morgan fingerprint density at radius 3 is 2.65 bits per heavy atom. The number of para-hydroxylation sites is 1. The number of nitrogens with one attached hydrogen (secondary N) is 2. The highest BCUT2D eigenvalue weighted by Crippen LogP contribution is 2.20. The Labute approximate surface area is 212 Å². The number of nitrogens with two attached hydrogens (primary N) is 1. The van der Waals surface area contributed by atoms with Crippen molar-refractivity contribution in [1.29, 1.82) is 0 Å². The van der Waals surface area contributed by atoms with Crippen molar-refractivity contribution in [3.8, 4) is 5.75 Å². The van der Waals surface area contributed by atoms with Gasteiger partial charge >= 0.3 is 6.09 Å². The maximum atomic E-state index is 13.0. The number of rotatable bonds is 9. The highest BCUT2D eigenvalue weighted by atomic mass is 16.6. The summed E-state index contributed by atoms with van der Waals surface area (Å²) in [5, 5.41) is 9.75. The van der Waals surface area contributed by atoms with Crippen molar-refractivity contribution >= 4 is 35.0 Å². The molecule has 4 N–H and O–H groups in total. The zero-order chi connectivity index (χ0) is 26.4. The second-order valence-corrected chi connectivity index (χ2v) is 7.97. The molecule has 4 aromatic rings. The molecule has 37 heavy (non-hydrogen) atoms. The number of ether oxygens (including phenoxy) is 1. The minimum atomic E-state index is -0.634. The summed E-state index contributed by atoms with van der Waals surface area (Å²) in [7, 11) is 0. The number of primary amides is 1. The highest BCUT2D eigenvalue weighted by Gasteiger charge is 2.19. The number of anilines is 1. The molecular formula is C25H26N8O4. The van der Waals surface area contributed by atoms with Gasteiger partial charge in [0.1, 0.15) is 17.0 Å². The lowest BCUT2D eigenvalue weighted by atomic mass is 10.2. The van der Waals surface area contributed by atoms with Crippen LogP contribution in [0, 0.1) is 6.92 Å². The van der Waals surface area contributed by atoms with Crippen LogP contribution in [0.3, 0.4) is 0 Å². The zero-order valence-electron chi connectivity index (χ0n) is 20.3. The summed E-state index contributed by atoms with van der Waals surface area (Å²) in [5.41, 5.74) is 7.52. The van der Waals surface area contributed by atoms with Gasteiger partial charge in [0.05, 0.1) is 11.3 Å². The van der Waals surface area contributed by atoms with Crippen LogP contribution >= 0.6 is 0 Å². The highest BCUT2D eigenvalue weighted by molar-refractivity contribution is 6.03. The number of carbonyl (C=O) groups excluding carboxylic acids is 3. The molecule has 190 valence electrons. The van der Waals surface area contributed by atoms with Gasteiger partial charge in [-0.2, -0.15) is 5.10 Å². The normalized spacial score (nSPS) is 11.1. The lowest BCUT2D eigenvalue weighted by Crippen LogP contribution is -2.26. The van der Waals surface area contributed by atoms with Gasteiger partial charge in [0.25, 0.3) is 5.91 Å². The van der Waals surface area contributed by atoms with Crippen molar-refractivity contribution < 1.29 is 19.1 Å². The van der Waals surface area contributed by atoms with E-state index < -0.39 is 12.0 Å². The molecule has 0 aliphatic heterocycles. The maximum Gasteiger partial charge on any atom is 0.412 e. The first-order valence-corrected chi connectivity index (χ1v) is 11.5. The molecule has 3 heterocycles. The third kappa shape index (κ3) is 5.99. The van der Waals surface area contributed by atoms with Gasteiger partial charge < -0.3 is 15.8 Å². The van der Waals surface area contributed by atoms with Gasteiger partial charge in [-0.1, -0.05) is 30.4 Å². The average molecular weight is 503 g/mol. The van der Waals surface area contributed by atoms with Gasteiger partial charge in [-0.25, -0.2) is 14.8 Å². The molecule has 0 saturated heterocycles. The standard InChI is InChI=1S/C25H26N8O4/c1-3-33-20(13-16(2)31-33)23(35)30-24-29-19-14-17(21(26)34)15-28-22(19)32(24)12-8-7-11-27-25(36)37-18-9-5-4-6-10-18/h4-10,13-15H,3,11-12H2,1-2H3,(H2,26,34)(H,27,36)(H,29,30,35)/b8-7+. The lowest BCUT2D eigenvalue weighted by Gasteiger charge is -2.09. The summed E-state index contributed by atoms with van der Waals surface area (Å²) in [6.45, 7) is 4.72. The van der Waals surface area contributed by atoms with Crippen molar-refractivity contribution in [2.24, 2.45) is 5.73 Å². The van der Waals surface area contributed by atoms with E-state index in [1.165, 1.54) is 12.3 Å². The molecule has 3 amide bonds. The molecule has 0 bridgehead atoms. The predicted molar refractivity (Wildman–Crippen MR) is 136 cm³/mol. The summed E-state index contributed by atoms with van der Waals surface area (Å²) < 4.78 is 8.45. The first-order chi connectivity index (χ1) is 17.9. The Morgan fingerprint density at radius 1 is 1.14 bits per heavy atom. The zero-order valence-corrected chi connectivity index (χ0v) is 20.3. The molecule has 0 atom stereocenters. The topological polar surface area (TPSA) is 159 Å².